The molecular weight excluding hydrogens is 352 g/mol. The van der Waals surface area contributed by atoms with Crippen LogP contribution in [0.2, 0.25) is 0 Å². The Balaban J connectivity index is 1.80. The van der Waals surface area contributed by atoms with E-state index in [1.807, 2.05) is 38.1 Å². The van der Waals surface area contributed by atoms with Crippen LogP contribution in [0.4, 0.5) is 5.13 Å². The van der Waals surface area contributed by atoms with Gasteiger partial charge >= 0.3 is 0 Å². The highest BCUT2D eigenvalue weighted by atomic mass is 32.2. The lowest BCUT2D eigenvalue weighted by Gasteiger charge is -2.19. The monoisotopic (exact) mass is 372 g/mol. The van der Waals surface area contributed by atoms with Crippen LogP contribution in [0.25, 0.3) is 0 Å². The molecule has 0 aliphatic rings. The SMILES string of the molecule is Cc1cc(C(=O)CSc2nnc(N)s2)c(C)n1[C@@H](C)c1ccccc1. The topological polar surface area (TPSA) is 73.8 Å². The lowest BCUT2D eigenvalue weighted by Crippen LogP contribution is -2.11. The number of ketones is 1. The number of nitrogens with two attached hydrogens (primary N) is 1. The standard InChI is InChI=1S/C18H20N4OS2/c1-11-9-15(16(23)10-24-18-21-20-17(19)25-18)13(3)22(11)12(2)14-7-5-4-6-8-14/h4-9,12H,10H2,1-3H3,(H2,19,20)/t12-/m0/s1. The fraction of sp³-hybridized carbons (Fsp3) is 0.278. The summed E-state index contributed by atoms with van der Waals surface area (Å²) in [6.07, 6.45) is 0. The van der Waals surface area contributed by atoms with Crippen LogP contribution in [0.1, 0.15) is 40.3 Å². The van der Waals surface area contributed by atoms with Crippen LogP contribution in [-0.4, -0.2) is 26.3 Å². The average molecular weight is 373 g/mol. The molecule has 130 valence electrons. The third kappa shape index (κ3) is 3.77. The molecule has 2 heterocycles. The minimum atomic E-state index is 0.0957. The minimum Gasteiger partial charge on any atom is -0.374 e. The molecule has 5 nitrogen and oxygen atoms in total. The number of thioether (sulfide) groups is 1. The van der Waals surface area contributed by atoms with Crippen LogP contribution in [0.5, 0.6) is 0 Å². The van der Waals surface area contributed by atoms with Gasteiger partial charge in [-0.15, -0.1) is 10.2 Å². The lowest BCUT2D eigenvalue weighted by molar-refractivity contribution is 0.102. The van der Waals surface area contributed by atoms with Crippen LogP contribution in [0, 0.1) is 13.8 Å². The summed E-state index contributed by atoms with van der Waals surface area (Å²) in [4.78, 5) is 12.7. The summed E-state index contributed by atoms with van der Waals surface area (Å²) in [7, 11) is 0. The molecule has 0 saturated heterocycles. The van der Waals surface area contributed by atoms with Crippen molar-refractivity contribution in [2.45, 2.75) is 31.2 Å². The Morgan fingerprint density at radius 3 is 2.64 bits per heavy atom. The number of hydrogen-bond donors (Lipinski definition) is 1. The largest absolute Gasteiger partial charge is 0.374 e. The average Bonchev–Trinajstić information content (AvgIpc) is 3.16. The Morgan fingerprint density at radius 2 is 2.00 bits per heavy atom. The summed E-state index contributed by atoms with van der Waals surface area (Å²) >= 11 is 2.68. The molecule has 0 bridgehead atoms. The number of aryl methyl sites for hydroxylation is 1. The number of aromatic nitrogens is 3. The van der Waals surface area contributed by atoms with Crippen LogP contribution >= 0.6 is 23.1 Å². The molecule has 0 saturated carbocycles. The summed E-state index contributed by atoms with van der Waals surface area (Å²) in [6, 6.07) is 12.5. The van der Waals surface area contributed by atoms with Gasteiger partial charge in [0, 0.05) is 17.0 Å². The smallest absolute Gasteiger partial charge is 0.203 e. The fourth-order valence-corrected chi connectivity index (χ4v) is 4.54. The second-order valence-corrected chi connectivity index (χ2v) is 8.09. The highest BCUT2D eigenvalue weighted by molar-refractivity contribution is 8.01. The first kappa shape index (κ1) is 17.7. The Kier molecular flexibility index (Phi) is 5.24. The maximum atomic E-state index is 12.7. The van der Waals surface area contributed by atoms with Gasteiger partial charge in [-0.1, -0.05) is 53.4 Å². The van der Waals surface area contributed by atoms with Crippen LogP contribution in [0.15, 0.2) is 40.7 Å². The molecule has 2 aromatic heterocycles. The molecule has 3 aromatic rings. The molecule has 0 spiro atoms. The van der Waals surface area contributed by atoms with Crippen molar-refractivity contribution in [3.8, 4) is 0 Å². The number of hydrogen-bond acceptors (Lipinski definition) is 6. The summed E-state index contributed by atoms with van der Waals surface area (Å²) < 4.78 is 2.94. The Morgan fingerprint density at radius 1 is 1.28 bits per heavy atom. The van der Waals surface area contributed by atoms with Gasteiger partial charge in [-0.2, -0.15) is 0 Å². The predicted octanol–water partition coefficient (Wildman–Crippen LogP) is 4.12. The predicted molar refractivity (Wildman–Crippen MR) is 104 cm³/mol. The van der Waals surface area contributed by atoms with Gasteiger partial charge in [0.15, 0.2) is 10.1 Å². The van der Waals surface area contributed by atoms with E-state index in [1.54, 1.807) is 0 Å². The van der Waals surface area contributed by atoms with Gasteiger partial charge in [-0.05, 0) is 32.4 Å². The number of nitrogens with zero attached hydrogens (tertiary/aromatic N) is 3. The van der Waals surface area contributed by atoms with E-state index in [4.69, 9.17) is 5.73 Å². The van der Waals surface area contributed by atoms with E-state index in [0.717, 1.165) is 21.3 Å². The zero-order valence-electron chi connectivity index (χ0n) is 14.4. The summed E-state index contributed by atoms with van der Waals surface area (Å²) in [5.74, 6) is 0.428. The normalized spacial score (nSPS) is 12.3. The second-order valence-electron chi connectivity index (χ2n) is 5.86. The highest BCUT2D eigenvalue weighted by Crippen LogP contribution is 2.28. The zero-order valence-corrected chi connectivity index (χ0v) is 16.0. The molecule has 1 aromatic carbocycles. The van der Waals surface area contributed by atoms with Gasteiger partial charge in [-0.25, -0.2) is 0 Å². The van der Waals surface area contributed by atoms with Crippen molar-refractivity contribution in [3.63, 3.8) is 0 Å². The third-order valence-corrected chi connectivity index (χ3v) is 6.09. The van der Waals surface area contributed by atoms with E-state index >= 15 is 0 Å². The molecule has 0 aliphatic heterocycles. The molecule has 7 heteroatoms. The Bertz CT molecular complexity index is 886. The number of carbonyl (C=O) groups excluding carboxylic acids is 1. The highest BCUT2D eigenvalue weighted by Gasteiger charge is 2.20. The van der Waals surface area contributed by atoms with Crippen LogP contribution in [0.3, 0.4) is 0 Å². The van der Waals surface area contributed by atoms with E-state index in [2.05, 4.69) is 33.8 Å². The second kappa shape index (κ2) is 7.41. The molecule has 1 atom stereocenters. The zero-order chi connectivity index (χ0) is 18.0. The minimum absolute atomic E-state index is 0.0957. The molecule has 3 rings (SSSR count). The van der Waals surface area contributed by atoms with Crippen LogP contribution < -0.4 is 5.73 Å². The van der Waals surface area contributed by atoms with Crippen molar-refractivity contribution in [1.29, 1.82) is 0 Å². The van der Waals surface area contributed by atoms with Crippen molar-refractivity contribution in [2.24, 2.45) is 0 Å². The molecule has 25 heavy (non-hydrogen) atoms. The first-order valence-corrected chi connectivity index (χ1v) is 9.76. The Hall–Kier alpha value is -2.12. The van der Waals surface area contributed by atoms with Crippen molar-refractivity contribution < 1.29 is 4.79 Å². The van der Waals surface area contributed by atoms with Crippen molar-refractivity contribution in [2.75, 3.05) is 11.5 Å². The Labute approximate surface area is 155 Å². The number of benzene rings is 1. The fourth-order valence-electron chi connectivity index (χ4n) is 3.02. The molecular formula is C18H20N4OS2. The van der Waals surface area contributed by atoms with Gasteiger partial charge in [0.05, 0.1) is 11.8 Å². The van der Waals surface area contributed by atoms with Gasteiger partial charge in [0.25, 0.3) is 0 Å². The molecule has 2 N–H and O–H groups in total. The number of rotatable bonds is 6. The number of carbonyl (C=O) groups is 1. The molecule has 0 amide bonds. The van der Waals surface area contributed by atoms with Crippen molar-refractivity contribution in [3.05, 3.63) is 58.9 Å². The first-order chi connectivity index (χ1) is 12.0. The third-order valence-electron chi connectivity index (χ3n) is 4.20. The summed E-state index contributed by atoms with van der Waals surface area (Å²) in [6.45, 7) is 6.21. The molecule has 0 fully saturated rings. The molecule has 0 radical (unpaired) electrons. The molecule has 0 aliphatic carbocycles. The summed E-state index contributed by atoms with van der Waals surface area (Å²) in [5.41, 5.74) is 9.65. The van der Waals surface area contributed by atoms with Crippen LogP contribution in [-0.2, 0) is 0 Å². The number of nitrogen functional groups attached to an aromatic ring is 1. The maximum absolute atomic E-state index is 12.7. The summed E-state index contributed by atoms with van der Waals surface area (Å²) in [5, 5.41) is 8.13. The van der Waals surface area contributed by atoms with Gasteiger partial charge in [-0.3, -0.25) is 4.79 Å². The van der Waals surface area contributed by atoms with Crippen molar-refractivity contribution in [1.82, 2.24) is 14.8 Å². The number of Topliss-reactive ketones (excluding diaryl/α,β-unsaturated/α-hetero) is 1. The quantitative estimate of drug-likeness (QED) is 0.520. The lowest BCUT2D eigenvalue weighted by atomic mass is 10.1. The van der Waals surface area contributed by atoms with Crippen molar-refractivity contribution >= 4 is 34.0 Å². The van der Waals surface area contributed by atoms with Gasteiger partial charge in [0.1, 0.15) is 0 Å². The van der Waals surface area contributed by atoms with Gasteiger partial charge < -0.3 is 10.3 Å². The van der Waals surface area contributed by atoms with E-state index < -0.39 is 0 Å². The van der Waals surface area contributed by atoms with E-state index in [-0.39, 0.29) is 11.8 Å². The first-order valence-electron chi connectivity index (χ1n) is 7.95. The van der Waals surface area contributed by atoms with E-state index in [0.29, 0.717) is 10.9 Å². The van der Waals surface area contributed by atoms with E-state index in [9.17, 15) is 4.79 Å². The molecule has 0 unspecified atom stereocenters. The van der Waals surface area contributed by atoms with E-state index in [1.165, 1.54) is 28.7 Å². The number of anilines is 1. The van der Waals surface area contributed by atoms with Gasteiger partial charge in [0.2, 0.25) is 5.13 Å². The maximum Gasteiger partial charge on any atom is 0.203 e.